The van der Waals surface area contributed by atoms with Gasteiger partial charge in [-0.25, -0.2) is 4.79 Å². The number of nitrogens with two attached hydrogens (primary N) is 1. The summed E-state index contributed by atoms with van der Waals surface area (Å²) in [5, 5.41) is 5.09. The Kier molecular flexibility index (Phi) is 3.29. The Morgan fingerprint density at radius 3 is 2.44 bits per heavy atom. The number of hydrogen-bond donors (Lipinski definition) is 3. The van der Waals surface area contributed by atoms with Gasteiger partial charge in [0.25, 0.3) is 5.91 Å². The van der Waals surface area contributed by atoms with Gasteiger partial charge in [-0.05, 0) is 24.3 Å². The van der Waals surface area contributed by atoms with E-state index in [0.717, 1.165) is 0 Å². The maximum absolute atomic E-state index is 11.7. The zero-order valence-electron chi connectivity index (χ0n) is 9.34. The summed E-state index contributed by atoms with van der Waals surface area (Å²) in [6.45, 7) is 0. The van der Waals surface area contributed by atoms with Crippen molar-refractivity contribution in [2.24, 2.45) is 5.73 Å². The van der Waals surface area contributed by atoms with Gasteiger partial charge in [0.2, 0.25) is 0 Å². The molecule has 0 radical (unpaired) electrons. The summed E-state index contributed by atoms with van der Waals surface area (Å²) < 4.78 is 4.82. The highest BCUT2D eigenvalue weighted by Gasteiger charge is 2.07. The molecule has 3 amide bonds. The second-order valence-corrected chi connectivity index (χ2v) is 3.54. The van der Waals surface area contributed by atoms with E-state index in [0.29, 0.717) is 16.9 Å². The van der Waals surface area contributed by atoms with E-state index in [9.17, 15) is 9.59 Å². The average molecular weight is 245 g/mol. The fraction of sp³-hybridized carbons (Fsp3) is 0. The van der Waals surface area contributed by atoms with Crippen molar-refractivity contribution in [2.75, 3.05) is 10.6 Å². The van der Waals surface area contributed by atoms with Crippen LogP contribution in [0.15, 0.2) is 47.3 Å². The fourth-order valence-electron chi connectivity index (χ4n) is 1.41. The second kappa shape index (κ2) is 5.05. The van der Waals surface area contributed by atoms with Crippen LogP contribution in [0.5, 0.6) is 0 Å². The minimum atomic E-state index is -0.659. The van der Waals surface area contributed by atoms with E-state index < -0.39 is 6.03 Å². The standard InChI is InChI=1S/C12H11N3O3/c13-12(17)15-10-3-1-2-9(6-10)14-11(16)8-4-5-18-7-8/h1-7H,(H,14,16)(H3,13,15,17). The van der Waals surface area contributed by atoms with Gasteiger partial charge in [0.15, 0.2) is 0 Å². The second-order valence-electron chi connectivity index (χ2n) is 3.54. The number of furan rings is 1. The molecule has 0 bridgehead atoms. The third-order valence-electron chi connectivity index (χ3n) is 2.17. The molecule has 0 saturated carbocycles. The van der Waals surface area contributed by atoms with Crippen molar-refractivity contribution in [3.05, 3.63) is 48.4 Å². The number of rotatable bonds is 3. The van der Waals surface area contributed by atoms with E-state index in [1.807, 2.05) is 0 Å². The lowest BCUT2D eigenvalue weighted by atomic mass is 10.2. The van der Waals surface area contributed by atoms with Gasteiger partial charge in [0.1, 0.15) is 6.26 Å². The first-order chi connectivity index (χ1) is 8.65. The monoisotopic (exact) mass is 245 g/mol. The smallest absolute Gasteiger partial charge is 0.316 e. The molecule has 1 aromatic heterocycles. The highest BCUT2D eigenvalue weighted by molar-refractivity contribution is 6.04. The molecule has 0 atom stereocenters. The molecule has 1 heterocycles. The molecule has 18 heavy (non-hydrogen) atoms. The SMILES string of the molecule is NC(=O)Nc1cccc(NC(=O)c2ccoc2)c1. The summed E-state index contributed by atoms with van der Waals surface area (Å²) in [5.74, 6) is -0.292. The predicted octanol–water partition coefficient (Wildman–Crippen LogP) is 2.02. The van der Waals surface area contributed by atoms with Gasteiger partial charge in [-0.15, -0.1) is 0 Å². The van der Waals surface area contributed by atoms with Crippen LogP contribution in [0.25, 0.3) is 0 Å². The van der Waals surface area contributed by atoms with E-state index in [4.69, 9.17) is 10.2 Å². The van der Waals surface area contributed by atoms with Crippen molar-refractivity contribution in [1.82, 2.24) is 0 Å². The maximum Gasteiger partial charge on any atom is 0.316 e. The van der Waals surface area contributed by atoms with Crippen LogP contribution in [-0.2, 0) is 0 Å². The van der Waals surface area contributed by atoms with Crippen LogP contribution in [0.3, 0.4) is 0 Å². The molecular weight excluding hydrogens is 234 g/mol. The third kappa shape index (κ3) is 2.88. The Balaban J connectivity index is 2.10. The number of primary amides is 1. The molecule has 6 heteroatoms. The van der Waals surface area contributed by atoms with Crippen LogP contribution in [-0.4, -0.2) is 11.9 Å². The Morgan fingerprint density at radius 2 is 1.83 bits per heavy atom. The molecule has 0 aliphatic heterocycles. The molecule has 6 nitrogen and oxygen atoms in total. The number of benzene rings is 1. The van der Waals surface area contributed by atoms with E-state index in [-0.39, 0.29) is 5.91 Å². The van der Waals surface area contributed by atoms with E-state index in [1.54, 1.807) is 30.3 Å². The molecular formula is C12H11N3O3. The Morgan fingerprint density at radius 1 is 1.11 bits per heavy atom. The van der Waals surface area contributed by atoms with Crippen molar-refractivity contribution >= 4 is 23.3 Å². The van der Waals surface area contributed by atoms with E-state index in [1.165, 1.54) is 12.5 Å². The van der Waals surface area contributed by atoms with Crippen LogP contribution in [0.2, 0.25) is 0 Å². The van der Waals surface area contributed by atoms with E-state index in [2.05, 4.69) is 10.6 Å². The van der Waals surface area contributed by atoms with Crippen LogP contribution >= 0.6 is 0 Å². The van der Waals surface area contributed by atoms with Gasteiger partial charge in [0.05, 0.1) is 11.8 Å². The molecule has 1 aromatic carbocycles. The Bertz CT molecular complexity index is 564. The Hall–Kier alpha value is -2.76. The van der Waals surface area contributed by atoms with Crippen molar-refractivity contribution < 1.29 is 14.0 Å². The van der Waals surface area contributed by atoms with Crippen molar-refractivity contribution in [3.8, 4) is 0 Å². The molecule has 0 aliphatic carbocycles. The summed E-state index contributed by atoms with van der Waals surface area (Å²) in [7, 11) is 0. The number of anilines is 2. The summed E-state index contributed by atoms with van der Waals surface area (Å²) in [6, 6.07) is 7.55. The van der Waals surface area contributed by atoms with Gasteiger partial charge >= 0.3 is 6.03 Å². The first-order valence-corrected chi connectivity index (χ1v) is 5.15. The summed E-state index contributed by atoms with van der Waals surface area (Å²) in [4.78, 5) is 22.4. The molecule has 0 saturated heterocycles. The number of hydrogen-bond acceptors (Lipinski definition) is 3. The number of amides is 3. The van der Waals surface area contributed by atoms with Crippen LogP contribution in [0.1, 0.15) is 10.4 Å². The topological polar surface area (TPSA) is 97.4 Å². The van der Waals surface area contributed by atoms with Gasteiger partial charge < -0.3 is 20.8 Å². The minimum absolute atomic E-state index is 0.292. The van der Waals surface area contributed by atoms with Crippen LogP contribution in [0.4, 0.5) is 16.2 Å². The molecule has 0 spiro atoms. The quantitative estimate of drug-likeness (QED) is 0.771. The number of carbonyl (C=O) groups excluding carboxylic acids is 2. The number of carbonyl (C=O) groups is 2. The summed E-state index contributed by atoms with van der Waals surface area (Å²) in [6.07, 6.45) is 2.76. The lowest BCUT2D eigenvalue weighted by Gasteiger charge is -2.06. The zero-order valence-corrected chi connectivity index (χ0v) is 9.34. The predicted molar refractivity (Wildman–Crippen MR) is 66.3 cm³/mol. The molecule has 2 rings (SSSR count). The minimum Gasteiger partial charge on any atom is -0.472 e. The highest BCUT2D eigenvalue weighted by Crippen LogP contribution is 2.16. The fourth-order valence-corrected chi connectivity index (χ4v) is 1.41. The lowest BCUT2D eigenvalue weighted by molar-refractivity contribution is 0.102. The average Bonchev–Trinajstić information content (AvgIpc) is 2.81. The van der Waals surface area contributed by atoms with Gasteiger partial charge in [-0.3, -0.25) is 4.79 Å². The van der Waals surface area contributed by atoms with Gasteiger partial charge in [-0.2, -0.15) is 0 Å². The van der Waals surface area contributed by atoms with E-state index >= 15 is 0 Å². The first kappa shape index (κ1) is 11.7. The normalized spacial score (nSPS) is 9.78. The molecule has 4 N–H and O–H groups in total. The van der Waals surface area contributed by atoms with Crippen LogP contribution < -0.4 is 16.4 Å². The number of nitrogens with one attached hydrogen (secondary N) is 2. The largest absolute Gasteiger partial charge is 0.472 e. The van der Waals surface area contributed by atoms with Gasteiger partial charge in [0, 0.05) is 11.4 Å². The van der Waals surface area contributed by atoms with Crippen molar-refractivity contribution in [1.29, 1.82) is 0 Å². The Labute approximate surface area is 103 Å². The zero-order chi connectivity index (χ0) is 13.0. The molecule has 0 fully saturated rings. The van der Waals surface area contributed by atoms with Crippen molar-refractivity contribution in [2.45, 2.75) is 0 Å². The summed E-state index contributed by atoms with van der Waals surface area (Å²) in [5.41, 5.74) is 6.48. The molecule has 0 aliphatic rings. The molecule has 2 aromatic rings. The molecule has 92 valence electrons. The lowest BCUT2D eigenvalue weighted by Crippen LogP contribution is -2.19. The highest BCUT2D eigenvalue weighted by atomic mass is 16.3. The third-order valence-corrected chi connectivity index (χ3v) is 2.17. The summed E-state index contributed by atoms with van der Waals surface area (Å²) >= 11 is 0. The van der Waals surface area contributed by atoms with Crippen molar-refractivity contribution in [3.63, 3.8) is 0 Å². The molecule has 0 unspecified atom stereocenters. The van der Waals surface area contributed by atoms with Crippen LogP contribution in [0, 0.1) is 0 Å². The number of urea groups is 1. The first-order valence-electron chi connectivity index (χ1n) is 5.15. The maximum atomic E-state index is 11.7. The van der Waals surface area contributed by atoms with Gasteiger partial charge in [-0.1, -0.05) is 6.07 Å².